The normalized spacial score (nSPS) is 31.4. The fraction of sp³-hybridized carbons (Fsp3) is 0.583. The maximum Gasteiger partial charge on any atom is 0.405 e. The molecule has 2 aromatic rings. The summed E-state index contributed by atoms with van der Waals surface area (Å²) >= 11 is 0. The maximum atomic E-state index is 14.4. The van der Waals surface area contributed by atoms with Crippen LogP contribution in [-0.4, -0.2) is 103 Å². The molecule has 3 aliphatic heterocycles. The van der Waals surface area contributed by atoms with E-state index < -0.39 is 74.7 Å². The summed E-state index contributed by atoms with van der Waals surface area (Å²) in [5, 5.41) is 15.9. The van der Waals surface area contributed by atoms with Crippen molar-refractivity contribution in [3.05, 3.63) is 36.5 Å². The summed E-state index contributed by atoms with van der Waals surface area (Å²) in [5.41, 5.74) is -0.591. The second kappa shape index (κ2) is 13.7. The summed E-state index contributed by atoms with van der Waals surface area (Å²) in [7, 11) is -1.91. The molecule has 52 heavy (non-hydrogen) atoms. The van der Waals surface area contributed by atoms with Crippen LogP contribution in [0.3, 0.4) is 0 Å². The number of fused-ring (bicyclic) bond motifs is 5. The number of sulfonamides is 1. The summed E-state index contributed by atoms with van der Waals surface area (Å²) in [5.74, 6) is -1.78. The highest BCUT2D eigenvalue weighted by molar-refractivity contribution is 7.91. The van der Waals surface area contributed by atoms with Crippen molar-refractivity contribution in [2.45, 2.75) is 87.8 Å². The number of carbonyl (C=O) groups excluding carboxylic acids is 3. The van der Waals surface area contributed by atoms with Crippen molar-refractivity contribution in [2.24, 2.45) is 17.8 Å². The van der Waals surface area contributed by atoms with Crippen molar-refractivity contribution in [1.82, 2.24) is 25.2 Å². The van der Waals surface area contributed by atoms with E-state index in [2.05, 4.69) is 25.2 Å². The van der Waals surface area contributed by atoms with Gasteiger partial charge < -0.3 is 35.0 Å². The number of carboxylic acid groups (broad SMARTS) is 1. The summed E-state index contributed by atoms with van der Waals surface area (Å²) in [4.78, 5) is 62.3. The van der Waals surface area contributed by atoms with E-state index in [1.54, 1.807) is 6.20 Å². The van der Waals surface area contributed by atoms with Crippen molar-refractivity contribution in [3.8, 4) is 11.6 Å². The Kier molecular flexibility index (Phi) is 9.46. The molecule has 2 aliphatic carbocycles. The third-order valence-corrected chi connectivity index (χ3v) is 12.9. The monoisotopic (exact) mass is 738 g/mol. The van der Waals surface area contributed by atoms with Gasteiger partial charge in [-0.15, -0.1) is 0 Å². The van der Waals surface area contributed by atoms with Crippen molar-refractivity contribution < 1.29 is 42.2 Å². The summed E-state index contributed by atoms with van der Waals surface area (Å²) in [6.45, 7) is 5.05. The van der Waals surface area contributed by atoms with Gasteiger partial charge in [0, 0.05) is 36.4 Å². The van der Waals surface area contributed by atoms with Crippen LogP contribution in [0.15, 0.2) is 36.5 Å². The lowest BCUT2D eigenvalue weighted by atomic mass is 9.88. The number of aromatic nitrogens is 1. The number of anilines is 1. The minimum Gasteiger partial charge on any atom is -0.489 e. The minimum absolute atomic E-state index is 0.0168. The van der Waals surface area contributed by atoms with Gasteiger partial charge in [-0.3, -0.25) is 19.1 Å². The number of nitrogens with one attached hydrogen (secondary N) is 3. The van der Waals surface area contributed by atoms with Crippen LogP contribution in [0.4, 0.5) is 10.5 Å². The van der Waals surface area contributed by atoms with Gasteiger partial charge in [-0.1, -0.05) is 26.0 Å². The van der Waals surface area contributed by atoms with Crippen molar-refractivity contribution in [2.75, 3.05) is 31.6 Å². The summed E-state index contributed by atoms with van der Waals surface area (Å²) < 4.78 is 40.3. The van der Waals surface area contributed by atoms with Gasteiger partial charge in [-0.05, 0) is 68.6 Å². The first-order valence-corrected chi connectivity index (χ1v) is 19.6. The third-order valence-electron chi connectivity index (χ3n) is 11.1. The molecule has 1 aromatic carbocycles. The number of allylic oxidation sites excluding steroid dienone is 1. The number of pyridine rings is 1. The lowest BCUT2D eigenvalue weighted by Crippen LogP contribution is -2.59. The molecule has 0 radical (unpaired) electrons. The van der Waals surface area contributed by atoms with E-state index in [1.165, 1.54) is 4.90 Å². The first-order chi connectivity index (χ1) is 24.8. The van der Waals surface area contributed by atoms with Crippen LogP contribution < -0.4 is 29.7 Å². The first kappa shape index (κ1) is 35.8. The fourth-order valence-corrected chi connectivity index (χ4v) is 9.29. The van der Waals surface area contributed by atoms with Gasteiger partial charge in [0.15, 0.2) is 5.75 Å². The molecule has 15 nitrogen and oxygen atoms in total. The highest BCUT2D eigenvalue weighted by Gasteiger charge is 2.62. The summed E-state index contributed by atoms with van der Waals surface area (Å²) in [6, 6.07) is 3.36. The van der Waals surface area contributed by atoms with E-state index in [4.69, 9.17) is 9.47 Å². The van der Waals surface area contributed by atoms with Crippen LogP contribution in [-0.2, 0) is 24.4 Å². The number of hydrogen-bond acceptors (Lipinski definition) is 10. The largest absolute Gasteiger partial charge is 0.489 e. The zero-order valence-corrected chi connectivity index (χ0v) is 30.4. The standard InChI is InChI=1S/C36H46N6O9S/c1-20-6-4-5-7-22-18-36(22,34(45)40-52(48,49)24-8-9-24)39-31(43)28-17-23(19-42(28)33(44)29(21(2)16-20)38-35(46)47)51-32-26-10-11-27-30(25(26)12-13-37-32)50-15-14-41(27)3/h5,7,10-13,20-24,28-29,38H,4,6,8-9,14-19H2,1-3H3,(H,39,43)(H,40,45)(H,46,47)/b7-5-/t20-,21+,22+,23+,28-,29-,36+/m0/s1. The Morgan fingerprint density at radius 3 is 2.65 bits per heavy atom. The topological polar surface area (TPSA) is 197 Å². The Labute approximate surface area is 302 Å². The van der Waals surface area contributed by atoms with E-state index in [0.717, 1.165) is 24.0 Å². The van der Waals surface area contributed by atoms with Crippen molar-refractivity contribution >= 4 is 50.3 Å². The van der Waals surface area contributed by atoms with Crippen molar-refractivity contribution in [1.29, 1.82) is 0 Å². The SMILES string of the molecule is C[C@H]1CC/C=C\[C@@H]2C[C@@]2(C(=O)NS(=O)(=O)C2CC2)NC(=O)[C@@H]2C[C@@H](Oc3nccc4c5c(ccc34)N(C)CCO5)CN2C(=O)[C@@H](NC(=O)O)[C@H](C)C1. The number of hydrogen-bond donors (Lipinski definition) is 4. The van der Waals surface area contributed by atoms with Crippen LogP contribution in [0, 0.1) is 17.8 Å². The van der Waals surface area contributed by atoms with Crippen LogP contribution >= 0.6 is 0 Å². The summed E-state index contributed by atoms with van der Waals surface area (Å²) in [6.07, 6.45) is 6.38. The molecule has 280 valence electrons. The predicted molar refractivity (Wildman–Crippen MR) is 190 cm³/mol. The van der Waals surface area contributed by atoms with Crippen LogP contribution in [0.1, 0.15) is 58.8 Å². The van der Waals surface area contributed by atoms with Gasteiger partial charge in [0.2, 0.25) is 27.7 Å². The van der Waals surface area contributed by atoms with Gasteiger partial charge >= 0.3 is 6.09 Å². The van der Waals surface area contributed by atoms with Gasteiger partial charge in [0.25, 0.3) is 5.91 Å². The molecule has 4 heterocycles. The number of rotatable bonds is 6. The minimum atomic E-state index is -3.90. The molecule has 4 amide bonds. The molecule has 1 aromatic heterocycles. The molecule has 16 heteroatoms. The second-order valence-corrected chi connectivity index (χ2v) is 17.0. The van der Waals surface area contributed by atoms with Gasteiger partial charge in [-0.2, -0.15) is 0 Å². The fourth-order valence-electron chi connectivity index (χ4n) is 7.93. The lowest BCUT2D eigenvalue weighted by molar-refractivity contribution is -0.142. The molecule has 7 rings (SSSR count). The predicted octanol–water partition coefficient (Wildman–Crippen LogP) is 2.54. The van der Waals surface area contributed by atoms with E-state index in [1.807, 2.05) is 51.2 Å². The molecular formula is C36H46N6O9S. The van der Waals surface area contributed by atoms with Crippen LogP contribution in [0.5, 0.6) is 11.6 Å². The molecule has 2 saturated carbocycles. The van der Waals surface area contributed by atoms with Crippen LogP contribution in [0.25, 0.3) is 10.8 Å². The number of nitrogens with zero attached hydrogens (tertiary/aromatic N) is 3. The highest BCUT2D eigenvalue weighted by atomic mass is 32.2. The highest BCUT2D eigenvalue weighted by Crippen LogP contribution is 2.46. The quantitative estimate of drug-likeness (QED) is 0.318. The van der Waals surface area contributed by atoms with Gasteiger partial charge in [0.1, 0.15) is 30.3 Å². The number of likely N-dealkylation sites (N-methyl/N-ethyl adjacent to an activating group) is 1. The smallest absolute Gasteiger partial charge is 0.405 e. The van der Waals surface area contributed by atoms with Crippen molar-refractivity contribution in [3.63, 3.8) is 0 Å². The average molecular weight is 739 g/mol. The van der Waals surface area contributed by atoms with E-state index in [9.17, 15) is 32.7 Å². The Bertz CT molecular complexity index is 1920. The first-order valence-electron chi connectivity index (χ1n) is 18.0. The number of ether oxygens (including phenoxy) is 2. The van der Waals surface area contributed by atoms with Gasteiger partial charge in [-0.25, -0.2) is 18.2 Å². The van der Waals surface area contributed by atoms with Crippen LogP contribution in [0.2, 0.25) is 0 Å². The molecule has 0 spiro atoms. The third kappa shape index (κ3) is 6.96. The Hall–Kier alpha value is -4.60. The molecule has 0 bridgehead atoms. The molecule has 5 aliphatic rings. The molecular weight excluding hydrogens is 692 g/mol. The molecule has 3 fully saturated rings. The number of carbonyl (C=O) groups is 4. The molecule has 7 atom stereocenters. The zero-order chi connectivity index (χ0) is 36.9. The Morgan fingerprint density at radius 1 is 1.12 bits per heavy atom. The Morgan fingerprint density at radius 2 is 1.90 bits per heavy atom. The second-order valence-electron chi connectivity index (χ2n) is 15.1. The zero-order valence-electron chi connectivity index (χ0n) is 29.5. The lowest BCUT2D eigenvalue weighted by Gasteiger charge is -2.32. The molecule has 1 saturated heterocycles. The maximum absolute atomic E-state index is 14.4. The average Bonchev–Trinajstić information content (AvgIpc) is 4.02. The van der Waals surface area contributed by atoms with E-state index in [0.29, 0.717) is 43.4 Å². The number of benzene rings is 1. The molecule has 0 unspecified atom stereocenters. The Balaban J connectivity index is 1.21. The van der Waals surface area contributed by atoms with Gasteiger partial charge in [0.05, 0.1) is 24.0 Å². The molecule has 4 N–H and O–H groups in total. The van der Waals surface area contributed by atoms with E-state index >= 15 is 0 Å². The number of amides is 4. The van der Waals surface area contributed by atoms with E-state index in [-0.39, 0.29) is 31.2 Å².